The highest BCUT2D eigenvalue weighted by Crippen LogP contribution is 2.21. The number of aromatic nitrogens is 2. The van der Waals surface area contributed by atoms with Crippen molar-refractivity contribution in [3.8, 4) is 11.3 Å². The number of amides is 1. The van der Waals surface area contributed by atoms with E-state index in [0.717, 1.165) is 56.9 Å². The SMILES string of the molecule is COCCN1CCC(CNC(=O)c2cn[nH]c2-c2ccccc2)CC1. The van der Waals surface area contributed by atoms with Crippen LogP contribution in [0, 0.1) is 5.92 Å². The number of nitrogens with zero attached hydrogens (tertiary/aromatic N) is 2. The minimum absolute atomic E-state index is 0.0607. The van der Waals surface area contributed by atoms with Crippen molar-refractivity contribution in [1.29, 1.82) is 0 Å². The first-order valence-corrected chi connectivity index (χ1v) is 8.86. The second-order valence-corrected chi connectivity index (χ2v) is 6.51. The number of nitrogens with one attached hydrogen (secondary N) is 2. The molecule has 1 aromatic carbocycles. The molecule has 0 bridgehead atoms. The maximum atomic E-state index is 12.6. The van der Waals surface area contributed by atoms with Crippen molar-refractivity contribution < 1.29 is 9.53 Å². The Labute approximate surface area is 148 Å². The number of H-pyrrole nitrogens is 1. The van der Waals surface area contributed by atoms with Gasteiger partial charge in [-0.15, -0.1) is 0 Å². The quantitative estimate of drug-likeness (QED) is 0.809. The summed E-state index contributed by atoms with van der Waals surface area (Å²) in [6.45, 7) is 4.64. The van der Waals surface area contributed by atoms with Crippen LogP contribution < -0.4 is 5.32 Å². The number of carbonyl (C=O) groups excluding carboxylic acids is 1. The Bertz CT molecular complexity index is 663. The fraction of sp³-hybridized carbons (Fsp3) is 0.474. The van der Waals surface area contributed by atoms with Gasteiger partial charge in [0, 0.05) is 25.8 Å². The first kappa shape index (κ1) is 17.6. The molecule has 1 aromatic heterocycles. The smallest absolute Gasteiger partial charge is 0.255 e. The topological polar surface area (TPSA) is 70.2 Å². The Balaban J connectivity index is 1.50. The van der Waals surface area contributed by atoms with Crippen LogP contribution in [0.2, 0.25) is 0 Å². The molecule has 25 heavy (non-hydrogen) atoms. The Hall–Kier alpha value is -2.18. The van der Waals surface area contributed by atoms with Crippen LogP contribution in [0.1, 0.15) is 23.2 Å². The standard InChI is InChI=1S/C19H26N4O2/c1-25-12-11-23-9-7-15(8-10-23)13-20-19(24)17-14-21-22-18(17)16-5-3-2-4-6-16/h2-6,14-15H,7-13H2,1H3,(H,20,24)(H,21,22). The van der Waals surface area contributed by atoms with Gasteiger partial charge in [0.2, 0.25) is 0 Å². The summed E-state index contributed by atoms with van der Waals surface area (Å²) in [4.78, 5) is 15.0. The van der Waals surface area contributed by atoms with Crippen LogP contribution in [-0.2, 0) is 4.74 Å². The largest absolute Gasteiger partial charge is 0.383 e. The number of rotatable bonds is 7. The molecule has 1 saturated heterocycles. The predicted molar refractivity (Wildman–Crippen MR) is 97.4 cm³/mol. The molecule has 0 saturated carbocycles. The van der Waals surface area contributed by atoms with Gasteiger partial charge in [-0.05, 0) is 31.8 Å². The van der Waals surface area contributed by atoms with Crippen LogP contribution in [0.25, 0.3) is 11.3 Å². The van der Waals surface area contributed by atoms with E-state index in [2.05, 4.69) is 20.4 Å². The lowest BCUT2D eigenvalue weighted by Crippen LogP contribution is -2.39. The third-order valence-corrected chi connectivity index (χ3v) is 4.82. The maximum Gasteiger partial charge on any atom is 0.255 e. The van der Waals surface area contributed by atoms with Crippen molar-refractivity contribution in [2.24, 2.45) is 5.92 Å². The molecule has 1 fully saturated rings. The van der Waals surface area contributed by atoms with Crippen molar-refractivity contribution >= 4 is 5.91 Å². The van der Waals surface area contributed by atoms with E-state index in [1.165, 1.54) is 0 Å². The van der Waals surface area contributed by atoms with Gasteiger partial charge in [-0.3, -0.25) is 9.89 Å². The summed E-state index contributed by atoms with van der Waals surface area (Å²) in [6, 6.07) is 9.81. The number of benzene rings is 1. The second kappa shape index (κ2) is 8.78. The van der Waals surface area contributed by atoms with E-state index in [0.29, 0.717) is 11.5 Å². The molecule has 2 N–H and O–H groups in total. The number of carbonyl (C=O) groups is 1. The van der Waals surface area contributed by atoms with E-state index in [9.17, 15) is 4.79 Å². The molecule has 2 heterocycles. The zero-order valence-electron chi connectivity index (χ0n) is 14.7. The van der Waals surface area contributed by atoms with Crippen LogP contribution in [0.3, 0.4) is 0 Å². The average molecular weight is 342 g/mol. The van der Waals surface area contributed by atoms with Crippen molar-refractivity contribution in [3.05, 3.63) is 42.1 Å². The third kappa shape index (κ3) is 4.67. The molecule has 6 nitrogen and oxygen atoms in total. The van der Waals surface area contributed by atoms with E-state index in [1.54, 1.807) is 13.3 Å². The van der Waals surface area contributed by atoms with E-state index < -0.39 is 0 Å². The minimum Gasteiger partial charge on any atom is -0.383 e. The zero-order chi connectivity index (χ0) is 17.5. The first-order chi connectivity index (χ1) is 12.3. The summed E-state index contributed by atoms with van der Waals surface area (Å²) in [6.07, 6.45) is 3.83. The van der Waals surface area contributed by atoms with Crippen molar-refractivity contribution in [2.45, 2.75) is 12.8 Å². The molecule has 1 aliphatic rings. The molecule has 6 heteroatoms. The lowest BCUT2D eigenvalue weighted by Gasteiger charge is -2.31. The fourth-order valence-electron chi connectivity index (χ4n) is 3.25. The molecule has 2 aromatic rings. The van der Waals surface area contributed by atoms with Crippen molar-refractivity contribution in [3.63, 3.8) is 0 Å². The molecular formula is C19H26N4O2. The summed E-state index contributed by atoms with van der Waals surface area (Å²) < 4.78 is 5.13. The van der Waals surface area contributed by atoms with Gasteiger partial charge in [0.05, 0.1) is 24.1 Å². The number of likely N-dealkylation sites (tertiary alicyclic amines) is 1. The van der Waals surface area contributed by atoms with Crippen LogP contribution >= 0.6 is 0 Å². The summed E-state index contributed by atoms with van der Waals surface area (Å²) >= 11 is 0. The van der Waals surface area contributed by atoms with Gasteiger partial charge >= 0.3 is 0 Å². The number of piperidine rings is 1. The summed E-state index contributed by atoms with van der Waals surface area (Å²) in [5.41, 5.74) is 2.34. The zero-order valence-corrected chi connectivity index (χ0v) is 14.7. The van der Waals surface area contributed by atoms with Gasteiger partial charge in [0.1, 0.15) is 0 Å². The first-order valence-electron chi connectivity index (χ1n) is 8.86. The molecule has 0 atom stereocenters. The molecule has 0 radical (unpaired) electrons. The van der Waals surface area contributed by atoms with Gasteiger partial charge in [-0.25, -0.2) is 0 Å². The van der Waals surface area contributed by atoms with Gasteiger partial charge in [-0.1, -0.05) is 30.3 Å². The van der Waals surface area contributed by atoms with Gasteiger partial charge < -0.3 is 15.0 Å². The van der Waals surface area contributed by atoms with Crippen LogP contribution in [-0.4, -0.2) is 60.9 Å². The van der Waals surface area contributed by atoms with Gasteiger partial charge in [-0.2, -0.15) is 5.10 Å². The molecule has 1 amide bonds. The third-order valence-electron chi connectivity index (χ3n) is 4.82. The maximum absolute atomic E-state index is 12.6. The molecule has 0 unspecified atom stereocenters. The van der Waals surface area contributed by atoms with Crippen LogP contribution in [0.5, 0.6) is 0 Å². The van der Waals surface area contributed by atoms with E-state index in [1.807, 2.05) is 30.3 Å². The summed E-state index contributed by atoms with van der Waals surface area (Å²) in [7, 11) is 1.74. The summed E-state index contributed by atoms with van der Waals surface area (Å²) in [5, 5.41) is 10.1. The Morgan fingerprint density at radius 1 is 1.32 bits per heavy atom. The van der Waals surface area contributed by atoms with E-state index in [4.69, 9.17) is 4.74 Å². The lowest BCUT2D eigenvalue weighted by molar-refractivity contribution is 0.0926. The highest BCUT2D eigenvalue weighted by molar-refractivity contribution is 5.99. The number of hydrogen-bond acceptors (Lipinski definition) is 4. The van der Waals surface area contributed by atoms with E-state index in [-0.39, 0.29) is 5.91 Å². The molecule has 134 valence electrons. The van der Waals surface area contributed by atoms with E-state index >= 15 is 0 Å². The number of ether oxygens (including phenoxy) is 1. The lowest BCUT2D eigenvalue weighted by atomic mass is 9.96. The molecule has 0 aliphatic carbocycles. The monoisotopic (exact) mass is 342 g/mol. The van der Waals surface area contributed by atoms with Crippen molar-refractivity contribution in [1.82, 2.24) is 20.4 Å². The predicted octanol–water partition coefficient (Wildman–Crippen LogP) is 2.16. The fourth-order valence-corrected chi connectivity index (χ4v) is 3.25. The molecule has 3 rings (SSSR count). The minimum atomic E-state index is -0.0607. The molecule has 0 spiro atoms. The normalized spacial score (nSPS) is 16.0. The summed E-state index contributed by atoms with van der Waals surface area (Å²) in [5.74, 6) is 0.476. The molecule has 1 aliphatic heterocycles. The van der Waals surface area contributed by atoms with Crippen LogP contribution in [0.15, 0.2) is 36.5 Å². The Morgan fingerprint density at radius 2 is 2.08 bits per heavy atom. The Kier molecular flexibility index (Phi) is 6.19. The number of hydrogen-bond donors (Lipinski definition) is 2. The second-order valence-electron chi connectivity index (χ2n) is 6.51. The Morgan fingerprint density at radius 3 is 2.80 bits per heavy atom. The van der Waals surface area contributed by atoms with Crippen molar-refractivity contribution in [2.75, 3.05) is 39.9 Å². The van der Waals surface area contributed by atoms with Gasteiger partial charge in [0.25, 0.3) is 5.91 Å². The highest BCUT2D eigenvalue weighted by atomic mass is 16.5. The average Bonchev–Trinajstić information content (AvgIpc) is 3.16. The van der Waals surface area contributed by atoms with Gasteiger partial charge in [0.15, 0.2) is 0 Å². The van der Waals surface area contributed by atoms with Crippen LogP contribution in [0.4, 0.5) is 0 Å². The molecular weight excluding hydrogens is 316 g/mol. The number of methoxy groups -OCH3 is 1. The highest BCUT2D eigenvalue weighted by Gasteiger charge is 2.21. The number of aromatic amines is 1.